The van der Waals surface area contributed by atoms with Crippen LogP contribution in [0.4, 0.5) is 4.79 Å². The summed E-state index contributed by atoms with van der Waals surface area (Å²) in [6.07, 6.45) is 9.17. The standard InChI is InChI=1S/C26H33N5O5/c1-17-14-31(22-18(17)10-9-13-28-22)26(11-7-6-8-12-26)16-30-15-19(35-24(34)36-25(2,3)4)21(32)20(29-30)23(33)27-5/h9-10,13-15H,6-8,11-12,16H2,1-5H3,(H,27,33). The molecule has 0 unspecified atom stereocenters. The third-order valence-corrected chi connectivity index (χ3v) is 6.47. The monoisotopic (exact) mass is 495 g/mol. The summed E-state index contributed by atoms with van der Waals surface area (Å²) in [4.78, 5) is 42.5. The average Bonchev–Trinajstić information content (AvgIpc) is 3.17. The molecule has 10 nitrogen and oxygen atoms in total. The molecule has 1 amide bonds. The van der Waals surface area contributed by atoms with Crippen molar-refractivity contribution in [3.05, 3.63) is 52.2 Å². The first kappa shape index (κ1) is 25.4. The number of carbonyl (C=O) groups excluding carboxylic acids is 2. The van der Waals surface area contributed by atoms with Crippen molar-refractivity contribution >= 4 is 23.1 Å². The fourth-order valence-electron chi connectivity index (χ4n) is 4.86. The Kier molecular flexibility index (Phi) is 6.88. The van der Waals surface area contributed by atoms with Crippen molar-refractivity contribution in [2.24, 2.45) is 0 Å². The molecule has 0 bridgehead atoms. The maximum atomic E-state index is 13.0. The summed E-state index contributed by atoms with van der Waals surface area (Å²) < 4.78 is 14.2. The van der Waals surface area contributed by atoms with Crippen molar-refractivity contribution in [3.8, 4) is 5.75 Å². The van der Waals surface area contributed by atoms with Gasteiger partial charge in [0.05, 0.1) is 18.3 Å². The summed E-state index contributed by atoms with van der Waals surface area (Å²) in [7, 11) is 1.41. The van der Waals surface area contributed by atoms with Gasteiger partial charge < -0.3 is 19.4 Å². The Morgan fingerprint density at radius 2 is 1.89 bits per heavy atom. The molecule has 36 heavy (non-hydrogen) atoms. The SMILES string of the molecule is CNC(=O)c1nn(CC2(n3cc(C)c4cccnc43)CCCCC2)cc(OC(=O)OC(C)(C)C)c1=O. The van der Waals surface area contributed by atoms with Crippen LogP contribution in [0.1, 0.15) is 68.9 Å². The first-order valence-electron chi connectivity index (χ1n) is 12.2. The maximum Gasteiger partial charge on any atom is 0.514 e. The number of ether oxygens (including phenoxy) is 2. The number of rotatable bonds is 5. The van der Waals surface area contributed by atoms with Gasteiger partial charge in [-0.2, -0.15) is 5.10 Å². The molecule has 0 atom stereocenters. The molecule has 0 saturated heterocycles. The number of aryl methyl sites for hydroxylation is 1. The molecule has 3 aromatic heterocycles. The van der Waals surface area contributed by atoms with Crippen molar-refractivity contribution in [2.45, 2.75) is 77.5 Å². The third-order valence-electron chi connectivity index (χ3n) is 6.47. The summed E-state index contributed by atoms with van der Waals surface area (Å²) in [6.45, 7) is 7.50. The van der Waals surface area contributed by atoms with Crippen LogP contribution in [0.3, 0.4) is 0 Å². The number of fused-ring (bicyclic) bond motifs is 1. The van der Waals surface area contributed by atoms with E-state index in [0.29, 0.717) is 6.54 Å². The number of hydrogen-bond donors (Lipinski definition) is 1. The molecule has 0 spiro atoms. The fourth-order valence-corrected chi connectivity index (χ4v) is 4.86. The Morgan fingerprint density at radius 1 is 1.17 bits per heavy atom. The molecule has 1 fully saturated rings. The van der Waals surface area contributed by atoms with Crippen LogP contribution in [0.25, 0.3) is 11.0 Å². The van der Waals surface area contributed by atoms with Crippen LogP contribution in [-0.4, -0.2) is 44.0 Å². The van der Waals surface area contributed by atoms with Gasteiger partial charge in [0.1, 0.15) is 11.2 Å². The van der Waals surface area contributed by atoms with Crippen LogP contribution in [0.5, 0.6) is 5.75 Å². The Hall–Kier alpha value is -3.69. The number of pyridine rings is 1. The van der Waals surface area contributed by atoms with E-state index in [1.54, 1.807) is 27.0 Å². The van der Waals surface area contributed by atoms with Crippen LogP contribution in [0.2, 0.25) is 0 Å². The second kappa shape index (κ2) is 9.75. The molecule has 1 aliphatic carbocycles. The second-order valence-electron chi connectivity index (χ2n) is 10.4. The molecule has 0 aromatic carbocycles. The maximum absolute atomic E-state index is 13.0. The molecular weight excluding hydrogens is 462 g/mol. The quantitative estimate of drug-likeness (QED) is 0.533. The van der Waals surface area contributed by atoms with Gasteiger partial charge in [-0.1, -0.05) is 19.3 Å². The zero-order valence-corrected chi connectivity index (χ0v) is 21.5. The first-order valence-corrected chi connectivity index (χ1v) is 12.2. The minimum Gasteiger partial charge on any atom is -0.428 e. The minimum absolute atomic E-state index is 0.310. The Morgan fingerprint density at radius 3 is 2.56 bits per heavy atom. The summed E-state index contributed by atoms with van der Waals surface area (Å²) in [5, 5.41) is 7.88. The molecule has 1 aliphatic rings. The number of nitrogens with one attached hydrogen (secondary N) is 1. The van der Waals surface area contributed by atoms with Crippen LogP contribution in [0, 0.1) is 6.92 Å². The number of hydrogen-bond acceptors (Lipinski definition) is 7. The highest BCUT2D eigenvalue weighted by Crippen LogP contribution is 2.39. The van der Waals surface area contributed by atoms with Crippen LogP contribution >= 0.6 is 0 Å². The number of amides is 1. The van der Waals surface area contributed by atoms with Crippen LogP contribution in [0.15, 0.2) is 35.5 Å². The average molecular weight is 496 g/mol. The summed E-state index contributed by atoms with van der Waals surface area (Å²) in [5.74, 6) is -0.972. The molecule has 0 aliphatic heterocycles. The highest BCUT2D eigenvalue weighted by atomic mass is 16.7. The molecule has 0 radical (unpaired) electrons. The van der Waals surface area contributed by atoms with Gasteiger partial charge in [-0.15, -0.1) is 0 Å². The van der Waals surface area contributed by atoms with E-state index in [4.69, 9.17) is 9.47 Å². The number of carbonyl (C=O) groups is 2. The van der Waals surface area contributed by atoms with E-state index in [1.807, 2.05) is 6.07 Å². The van der Waals surface area contributed by atoms with Gasteiger partial charge in [-0.05, 0) is 58.2 Å². The molecule has 1 N–H and O–H groups in total. The van der Waals surface area contributed by atoms with Crippen molar-refractivity contribution < 1.29 is 19.1 Å². The van der Waals surface area contributed by atoms with E-state index in [9.17, 15) is 14.4 Å². The first-order chi connectivity index (χ1) is 17.0. The van der Waals surface area contributed by atoms with Crippen molar-refractivity contribution in [3.63, 3.8) is 0 Å². The van der Waals surface area contributed by atoms with Crippen LogP contribution < -0.4 is 15.5 Å². The predicted octanol–water partition coefficient (Wildman–Crippen LogP) is 3.93. The van der Waals surface area contributed by atoms with E-state index >= 15 is 0 Å². The minimum atomic E-state index is -1.02. The molecular formula is C26H33N5O5. The zero-order chi connectivity index (χ0) is 26.1. The molecule has 4 rings (SSSR count). The second-order valence-corrected chi connectivity index (χ2v) is 10.4. The van der Waals surface area contributed by atoms with E-state index in [1.165, 1.54) is 17.9 Å². The Balaban J connectivity index is 1.80. The van der Waals surface area contributed by atoms with Gasteiger partial charge in [0.25, 0.3) is 11.3 Å². The van der Waals surface area contributed by atoms with Gasteiger partial charge in [-0.3, -0.25) is 14.3 Å². The Labute approximate surface area is 209 Å². The lowest BCUT2D eigenvalue weighted by atomic mass is 9.81. The van der Waals surface area contributed by atoms with Crippen LogP contribution in [-0.2, 0) is 16.8 Å². The lowest BCUT2D eigenvalue weighted by Crippen LogP contribution is -2.41. The van der Waals surface area contributed by atoms with Gasteiger partial charge in [0.15, 0.2) is 5.69 Å². The van der Waals surface area contributed by atoms with E-state index in [-0.39, 0.29) is 17.0 Å². The summed E-state index contributed by atoms with van der Waals surface area (Å²) in [5.41, 5.74) is -0.316. The van der Waals surface area contributed by atoms with Gasteiger partial charge >= 0.3 is 6.16 Å². The molecule has 3 aromatic rings. The van der Waals surface area contributed by atoms with E-state index < -0.39 is 23.1 Å². The third kappa shape index (κ3) is 5.12. The number of nitrogens with zero attached hydrogens (tertiary/aromatic N) is 4. The number of aromatic nitrogens is 4. The van der Waals surface area contributed by atoms with Crippen molar-refractivity contribution in [1.82, 2.24) is 24.6 Å². The topological polar surface area (TPSA) is 117 Å². The lowest BCUT2D eigenvalue weighted by molar-refractivity contribution is 0.0200. The fraction of sp³-hybridized carbons (Fsp3) is 0.500. The summed E-state index contributed by atoms with van der Waals surface area (Å²) in [6, 6.07) is 3.98. The van der Waals surface area contributed by atoms with Crippen molar-refractivity contribution in [2.75, 3.05) is 7.05 Å². The van der Waals surface area contributed by atoms with Gasteiger partial charge in [-0.25, -0.2) is 9.78 Å². The highest BCUT2D eigenvalue weighted by molar-refractivity contribution is 5.92. The van der Waals surface area contributed by atoms with Gasteiger partial charge in [0, 0.05) is 24.8 Å². The molecule has 3 heterocycles. The van der Waals surface area contributed by atoms with Gasteiger partial charge in [0.2, 0.25) is 5.75 Å². The van der Waals surface area contributed by atoms with E-state index in [0.717, 1.165) is 48.7 Å². The zero-order valence-electron chi connectivity index (χ0n) is 21.5. The highest BCUT2D eigenvalue weighted by Gasteiger charge is 2.37. The predicted molar refractivity (Wildman–Crippen MR) is 134 cm³/mol. The normalized spacial score (nSPS) is 15.5. The van der Waals surface area contributed by atoms with Crippen molar-refractivity contribution in [1.29, 1.82) is 0 Å². The lowest BCUT2D eigenvalue weighted by Gasteiger charge is -2.39. The largest absolute Gasteiger partial charge is 0.514 e. The molecule has 1 saturated carbocycles. The van der Waals surface area contributed by atoms with E-state index in [2.05, 4.69) is 39.2 Å². The smallest absolute Gasteiger partial charge is 0.428 e. The molecule has 192 valence electrons. The molecule has 10 heteroatoms. The Bertz CT molecular complexity index is 1340. The summed E-state index contributed by atoms with van der Waals surface area (Å²) >= 11 is 0.